The van der Waals surface area contributed by atoms with E-state index in [9.17, 15) is 19.4 Å². The number of aliphatic hydroxyl groups excluding tert-OH is 1. The molecule has 4 N–H and O–H groups in total. The van der Waals surface area contributed by atoms with Gasteiger partial charge in [-0.1, -0.05) is 18.2 Å². The molecule has 2 aromatic carbocycles. The normalized spacial score (nSPS) is 17.8. The summed E-state index contributed by atoms with van der Waals surface area (Å²) in [5, 5.41) is 24.7. The molecular weight excluding hydrogens is 561 g/mol. The predicted molar refractivity (Wildman–Crippen MR) is 169 cm³/mol. The number of phenols is 1. The van der Waals surface area contributed by atoms with Gasteiger partial charge in [0.05, 0.1) is 23.8 Å². The molecule has 0 bridgehead atoms. The van der Waals surface area contributed by atoms with Crippen molar-refractivity contribution in [3.8, 4) is 5.75 Å². The fourth-order valence-electron chi connectivity index (χ4n) is 6.45. The Morgan fingerprint density at radius 2 is 1.95 bits per heavy atom. The van der Waals surface area contributed by atoms with Crippen LogP contribution in [-0.4, -0.2) is 76.6 Å². The topological polar surface area (TPSA) is 114 Å². The fourth-order valence-corrected chi connectivity index (χ4v) is 6.45. The Kier molecular flexibility index (Phi) is 8.95. The molecule has 0 aliphatic carbocycles. The number of nitrogens with one attached hydrogen (secondary N) is 2. The van der Waals surface area contributed by atoms with Gasteiger partial charge in [0.15, 0.2) is 0 Å². The van der Waals surface area contributed by atoms with Gasteiger partial charge in [-0.25, -0.2) is 9.37 Å². The van der Waals surface area contributed by atoms with Crippen molar-refractivity contribution in [3.63, 3.8) is 0 Å². The first-order valence-electron chi connectivity index (χ1n) is 15.3. The van der Waals surface area contributed by atoms with Gasteiger partial charge in [0.25, 0.3) is 0 Å². The number of morpholine rings is 1. The molecule has 1 spiro atoms. The van der Waals surface area contributed by atoms with Crippen molar-refractivity contribution >= 4 is 16.7 Å². The highest BCUT2D eigenvalue weighted by Gasteiger charge is 2.40. The van der Waals surface area contributed by atoms with E-state index in [4.69, 9.17) is 4.74 Å². The SMILES string of the molecule is Cc1ccnc(N2CCOC3(CCN(Cc4ccc(F)c(CCNC[C@H](O)c5ccc(O)c6[nH]c(=O)ccc56)c4)CC3)C2)c1. The molecule has 2 fully saturated rings. The standard InChI is InChI=1S/C34H40FN5O4/c1-23-8-13-37-31(18-23)40-16-17-44-34(22-40)10-14-39(15-11-34)21-24-2-5-28(35)25(19-24)9-12-36-20-30(42)26-3-6-29(41)33-27(26)4-7-32(43)38-33/h2-8,13,18-19,30,36,41-42H,9-12,14-17,20-22H2,1H3,(H,38,43)/t30-/m0/s1. The van der Waals surface area contributed by atoms with Gasteiger partial charge in [-0.05, 0) is 85.3 Å². The second-order valence-corrected chi connectivity index (χ2v) is 12.1. The molecule has 4 aromatic rings. The monoisotopic (exact) mass is 601 g/mol. The number of anilines is 1. The summed E-state index contributed by atoms with van der Waals surface area (Å²) in [5.74, 6) is 0.734. The summed E-state index contributed by atoms with van der Waals surface area (Å²) in [6.07, 6.45) is 3.38. The van der Waals surface area contributed by atoms with Crippen LogP contribution in [0.1, 0.15) is 41.2 Å². The van der Waals surface area contributed by atoms with E-state index in [0.29, 0.717) is 41.6 Å². The lowest BCUT2D eigenvalue weighted by molar-refractivity contribution is -0.0922. The zero-order valence-corrected chi connectivity index (χ0v) is 25.1. The minimum Gasteiger partial charge on any atom is -0.506 e. The highest BCUT2D eigenvalue weighted by molar-refractivity contribution is 5.87. The van der Waals surface area contributed by atoms with E-state index in [0.717, 1.165) is 56.9 Å². The molecule has 6 rings (SSSR count). The number of hydrogen-bond donors (Lipinski definition) is 4. The Morgan fingerprint density at radius 1 is 1.11 bits per heavy atom. The number of aromatic hydroxyl groups is 1. The molecule has 2 aliphatic rings. The van der Waals surface area contributed by atoms with Crippen LogP contribution in [0.15, 0.2) is 65.6 Å². The summed E-state index contributed by atoms with van der Waals surface area (Å²) in [7, 11) is 0. The lowest BCUT2D eigenvalue weighted by Crippen LogP contribution is -2.57. The number of hydrogen-bond acceptors (Lipinski definition) is 8. The van der Waals surface area contributed by atoms with Gasteiger partial charge in [0, 0.05) is 56.9 Å². The van der Waals surface area contributed by atoms with E-state index in [1.54, 1.807) is 18.2 Å². The number of likely N-dealkylation sites (tertiary alicyclic amines) is 1. The zero-order valence-electron chi connectivity index (χ0n) is 25.1. The molecule has 0 radical (unpaired) electrons. The minimum atomic E-state index is -0.865. The molecule has 0 unspecified atom stereocenters. The van der Waals surface area contributed by atoms with E-state index in [-0.39, 0.29) is 29.3 Å². The summed E-state index contributed by atoms with van der Waals surface area (Å²) < 4.78 is 21.1. The van der Waals surface area contributed by atoms with E-state index < -0.39 is 6.10 Å². The van der Waals surface area contributed by atoms with Crippen molar-refractivity contribution < 1.29 is 19.3 Å². The average Bonchev–Trinajstić information content (AvgIpc) is 3.02. The van der Waals surface area contributed by atoms with Crippen LogP contribution in [0.5, 0.6) is 5.75 Å². The van der Waals surface area contributed by atoms with E-state index in [2.05, 4.69) is 38.1 Å². The number of aromatic nitrogens is 2. The molecule has 4 heterocycles. The molecule has 232 valence electrons. The van der Waals surface area contributed by atoms with E-state index in [1.165, 1.54) is 17.7 Å². The lowest BCUT2D eigenvalue weighted by atomic mass is 9.89. The third kappa shape index (κ3) is 6.78. The van der Waals surface area contributed by atoms with Crippen LogP contribution in [0.2, 0.25) is 0 Å². The van der Waals surface area contributed by atoms with Crippen LogP contribution >= 0.6 is 0 Å². The quantitative estimate of drug-likeness (QED) is 0.214. The van der Waals surface area contributed by atoms with Crippen LogP contribution < -0.4 is 15.8 Å². The first-order chi connectivity index (χ1) is 21.3. The van der Waals surface area contributed by atoms with Crippen LogP contribution in [-0.2, 0) is 17.7 Å². The number of rotatable bonds is 9. The Labute approximate surface area is 256 Å². The summed E-state index contributed by atoms with van der Waals surface area (Å²) in [4.78, 5) is 23.6. The van der Waals surface area contributed by atoms with Gasteiger partial charge in [-0.3, -0.25) is 9.69 Å². The van der Waals surface area contributed by atoms with Gasteiger partial charge >= 0.3 is 0 Å². The number of phenolic OH excluding ortho intramolecular Hbond substituents is 1. The third-order valence-corrected chi connectivity index (χ3v) is 8.93. The zero-order chi connectivity index (χ0) is 30.7. The maximum atomic E-state index is 14.7. The molecule has 10 heteroatoms. The fraction of sp³-hybridized carbons (Fsp3) is 0.412. The molecule has 0 amide bonds. The van der Waals surface area contributed by atoms with Gasteiger partial charge in [0.1, 0.15) is 17.4 Å². The number of piperidine rings is 1. The number of benzene rings is 2. The average molecular weight is 602 g/mol. The largest absolute Gasteiger partial charge is 0.506 e. The molecule has 44 heavy (non-hydrogen) atoms. The number of H-pyrrole nitrogens is 1. The molecular formula is C34H40FN5O4. The Hall–Kier alpha value is -3.83. The number of nitrogens with zero attached hydrogens (tertiary/aromatic N) is 3. The van der Waals surface area contributed by atoms with E-state index >= 15 is 0 Å². The number of ether oxygens (including phenoxy) is 1. The van der Waals surface area contributed by atoms with Crippen molar-refractivity contribution in [2.75, 3.05) is 50.8 Å². The second-order valence-electron chi connectivity index (χ2n) is 12.1. The first kappa shape index (κ1) is 30.2. The smallest absolute Gasteiger partial charge is 0.248 e. The van der Waals surface area contributed by atoms with Crippen molar-refractivity contribution in [1.82, 2.24) is 20.2 Å². The van der Waals surface area contributed by atoms with Gasteiger partial charge in [-0.2, -0.15) is 0 Å². The Bertz CT molecular complexity index is 1670. The maximum absolute atomic E-state index is 14.7. The molecule has 1 atom stereocenters. The van der Waals surface area contributed by atoms with Gasteiger partial charge in [0.2, 0.25) is 5.56 Å². The number of pyridine rings is 2. The van der Waals surface area contributed by atoms with Gasteiger partial charge < -0.3 is 30.2 Å². The van der Waals surface area contributed by atoms with Crippen LogP contribution in [0, 0.1) is 12.7 Å². The van der Waals surface area contributed by atoms with Crippen LogP contribution in [0.4, 0.5) is 10.2 Å². The lowest BCUT2D eigenvalue weighted by Gasteiger charge is -2.47. The Balaban J connectivity index is 1.00. The van der Waals surface area contributed by atoms with Gasteiger partial charge in [-0.15, -0.1) is 0 Å². The predicted octanol–water partition coefficient (Wildman–Crippen LogP) is 3.81. The molecule has 9 nitrogen and oxygen atoms in total. The number of halogens is 1. The van der Waals surface area contributed by atoms with Crippen molar-refractivity contribution in [2.24, 2.45) is 0 Å². The maximum Gasteiger partial charge on any atom is 0.248 e. The highest BCUT2D eigenvalue weighted by atomic mass is 19.1. The molecule has 2 aromatic heterocycles. The molecule has 2 saturated heterocycles. The highest BCUT2D eigenvalue weighted by Crippen LogP contribution is 2.33. The summed E-state index contributed by atoms with van der Waals surface area (Å²) in [6.45, 7) is 7.82. The van der Waals surface area contributed by atoms with Crippen molar-refractivity contribution in [1.29, 1.82) is 0 Å². The van der Waals surface area contributed by atoms with Crippen LogP contribution in [0.25, 0.3) is 10.9 Å². The number of aromatic amines is 1. The summed E-state index contributed by atoms with van der Waals surface area (Å²) >= 11 is 0. The van der Waals surface area contributed by atoms with Crippen molar-refractivity contribution in [2.45, 2.75) is 44.4 Å². The van der Waals surface area contributed by atoms with Crippen molar-refractivity contribution in [3.05, 3.63) is 99.2 Å². The van der Waals surface area contributed by atoms with Crippen LogP contribution in [0.3, 0.4) is 0 Å². The number of aryl methyl sites for hydroxylation is 1. The number of aliphatic hydroxyl groups is 1. The minimum absolute atomic E-state index is 0.0503. The molecule has 2 aliphatic heterocycles. The third-order valence-electron chi connectivity index (χ3n) is 8.93. The first-order valence-corrected chi connectivity index (χ1v) is 15.3. The summed E-state index contributed by atoms with van der Waals surface area (Å²) in [5.41, 5.74) is 3.33. The Morgan fingerprint density at radius 3 is 2.77 bits per heavy atom. The summed E-state index contributed by atoms with van der Waals surface area (Å²) in [6, 6.07) is 15.6. The van der Waals surface area contributed by atoms with E-state index in [1.807, 2.05) is 24.4 Å². The molecule has 0 saturated carbocycles. The second kappa shape index (κ2) is 13.0. The number of fused-ring (bicyclic) bond motifs is 1.